The highest BCUT2D eigenvalue weighted by Crippen LogP contribution is 2.17. The number of nitrogens with one attached hydrogen (secondary N) is 1. The summed E-state index contributed by atoms with van der Waals surface area (Å²) in [6.07, 6.45) is 9.18. The molecule has 1 aromatic heterocycles. The molecule has 3 nitrogen and oxygen atoms in total. The van der Waals surface area contributed by atoms with Crippen molar-refractivity contribution in [3.8, 4) is 0 Å². The van der Waals surface area contributed by atoms with Gasteiger partial charge in [-0.1, -0.05) is 30.3 Å². The molecule has 17 heavy (non-hydrogen) atoms. The lowest BCUT2D eigenvalue weighted by molar-refractivity contribution is 1.33. The third-order valence-electron chi connectivity index (χ3n) is 2.15. The molecule has 0 unspecified atom stereocenters. The molecule has 0 saturated heterocycles. The Kier molecular flexibility index (Phi) is 4.06. The average Bonchev–Trinajstić information content (AvgIpc) is 2.66. The van der Waals surface area contributed by atoms with Crippen molar-refractivity contribution in [3.63, 3.8) is 0 Å². The molecule has 3 rings (SSSR count). The Morgan fingerprint density at radius 2 is 1.71 bits per heavy atom. The molecular weight excluding hydrogens is 210 g/mol. The molecule has 2 heterocycles. The van der Waals surface area contributed by atoms with Crippen LogP contribution in [0.5, 0.6) is 0 Å². The minimum atomic E-state index is 1.05. The van der Waals surface area contributed by atoms with Gasteiger partial charge in [-0.3, -0.25) is 10.4 Å². The van der Waals surface area contributed by atoms with Crippen LogP contribution in [0.15, 0.2) is 66.0 Å². The van der Waals surface area contributed by atoms with Gasteiger partial charge in [0.25, 0.3) is 0 Å². The van der Waals surface area contributed by atoms with Crippen LogP contribution in [0.3, 0.4) is 0 Å². The Bertz CT molecular complexity index is 477. The number of para-hydroxylation sites is 1. The molecule has 84 valence electrons. The first-order chi connectivity index (χ1) is 8.47. The summed E-state index contributed by atoms with van der Waals surface area (Å²) < 4.78 is 0. The highest BCUT2D eigenvalue weighted by Gasteiger charge is 1.96. The van der Waals surface area contributed by atoms with Gasteiger partial charge < -0.3 is 0 Å². The molecule has 3 heteroatoms. The fourth-order valence-electron chi connectivity index (χ4n) is 1.35. The molecule has 0 saturated carbocycles. The van der Waals surface area contributed by atoms with Crippen molar-refractivity contribution < 1.29 is 0 Å². The number of hydrazone groups is 1. The van der Waals surface area contributed by atoms with E-state index in [4.69, 9.17) is 0 Å². The first kappa shape index (κ1) is 11.1. The average molecular weight is 223 g/mol. The lowest BCUT2D eigenvalue weighted by atomic mass is 10.2. The van der Waals surface area contributed by atoms with Gasteiger partial charge in [0.1, 0.15) is 0 Å². The molecule has 0 amide bonds. The largest absolute Gasteiger partial charge is 0.278 e. The van der Waals surface area contributed by atoms with Crippen molar-refractivity contribution in [2.24, 2.45) is 5.10 Å². The van der Waals surface area contributed by atoms with Crippen LogP contribution in [0.1, 0.15) is 5.56 Å². The van der Waals surface area contributed by atoms with Gasteiger partial charge in [0.15, 0.2) is 0 Å². The van der Waals surface area contributed by atoms with Crippen LogP contribution in [0.4, 0.5) is 5.69 Å². The zero-order valence-electron chi connectivity index (χ0n) is 9.32. The highest BCUT2D eigenvalue weighted by atomic mass is 15.3. The van der Waals surface area contributed by atoms with Crippen molar-refractivity contribution in [2.75, 3.05) is 5.43 Å². The molecule has 1 aromatic carbocycles. The van der Waals surface area contributed by atoms with Crippen LogP contribution < -0.4 is 5.43 Å². The summed E-state index contributed by atoms with van der Waals surface area (Å²) in [6, 6.07) is 13.8. The van der Waals surface area contributed by atoms with Crippen molar-refractivity contribution in [3.05, 3.63) is 66.5 Å². The topological polar surface area (TPSA) is 37.3 Å². The smallest absolute Gasteiger partial charge is 0.0634 e. The molecule has 0 aliphatic carbocycles. The fraction of sp³-hybridized carbons (Fsp3) is 0. The maximum Gasteiger partial charge on any atom is 0.0634 e. The minimum Gasteiger partial charge on any atom is -0.278 e. The number of fused-ring (bicyclic) bond motifs is 1. The first-order valence-electron chi connectivity index (χ1n) is 5.36. The van der Waals surface area contributed by atoms with Crippen LogP contribution in [0.25, 0.3) is 6.08 Å². The quantitative estimate of drug-likeness (QED) is 0.744. The van der Waals surface area contributed by atoms with E-state index in [9.17, 15) is 0 Å². The van der Waals surface area contributed by atoms with Gasteiger partial charge in [-0.05, 0) is 29.8 Å². The van der Waals surface area contributed by atoms with Gasteiger partial charge in [0.05, 0.1) is 5.69 Å². The van der Waals surface area contributed by atoms with Crippen LogP contribution >= 0.6 is 0 Å². The zero-order chi connectivity index (χ0) is 11.8. The molecule has 0 radical (unpaired) electrons. The highest BCUT2D eigenvalue weighted by molar-refractivity contribution is 5.83. The van der Waals surface area contributed by atoms with Crippen molar-refractivity contribution in [1.82, 2.24) is 4.98 Å². The normalized spacial score (nSPS) is 11.5. The minimum absolute atomic E-state index is 1.05. The number of rotatable bonds is 0. The Labute approximate surface area is 101 Å². The summed E-state index contributed by atoms with van der Waals surface area (Å²) in [5.41, 5.74) is 5.16. The Morgan fingerprint density at radius 3 is 2.41 bits per heavy atom. The maximum atomic E-state index is 3.95. The SMILES string of the molecule is C1=Cc2ccccc2NN=C1.c1ccncc1. The monoisotopic (exact) mass is 223 g/mol. The van der Waals surface area contributed by atoms with Crippen molar-refractivity contribution in [1.29, 1.82) is 0 Å². The third-order valence-corrected chi connectivity index (χ3v) is 2.15. The Hall–Kier alpha value is -2.42. The molecule has 1 aliphatic heterocycles. The first-order valence-corrected chi connectivity index (χ1v) is 5.36. The van der Waals surface area contributed by atoms with Gasteiger partial charge in [0.2, 0.25) is 0 Å². The van der Waals surface area contributed by atoms with Crippen LogP contribution in [0, 0.1) is 0 Å². The van der Waals surface area contributed by atoms with Crippen LogP contribution in [-0.4, -0.2) is 11.2 Å². The number of anilines is 1. The van der Waals surface area contributed by atoms with Crippen molar-refractivity contribution in [2.45, 2.75) is 0 Å². The number of allylic oxidation sites excluding steroid dienone is 1. The van der Waals surface area contributed by atoms with Gasteiger partial charge >= 0.3 is 0 Å². The second kappa shape index (κ2) is 6.23. The van der Waals surface area contributed by atoms with E-state index in [0.717, 1.165) is 5.69 Å². The van der Waals surface area contributed by atoms with E-state index in [2.05, 4.69) is 15.5 Å². The molecule has 0 spiro atoms. The fourth-order valence-corrected chi connectivity index (χ4v) is 1.35. The van der Waals surface area contributed by atoms with E-state index in [0.29, 0.717) is 0 Å². The number of pyridine rings is 1. The summed E-state index contributed by atoms with van der Waals surface area (Å²) in [6.45, 7) is 0. The molecule has 0 atom stereocenters. The second-order valence-electron chi connectivity index (χ2n) is 3.36. The van der Waals surface area contributed by atoms with E-state index in [1.165, 1.54) is 5.56 Å². The number of aromatic nitrogens is 1. The summed E-state index contributed by atoms with van der Waals surface area (Å²) in [4.78, 5) is 3.78. The van der Waals surface area contributed by atoms with Gasteiger partial charge in [-0.15, -0.1) is 0 Å². The van der Waals surface area contributed by atoms with Gasteiger partial charge in [-0.2, -0.15) is 5.10 Å². The Balaban J connectivity index is 0.000000153. The molecule has 0 bridgehead atoms. The van der Waals surface area contributed by atoms with E-state index in [1.807, 2.05) is 54.6 Å². The lowest BCUT2D eigenvalue weighted by Gasteiger charge is -2.00. The Morgan fingerprint density at radius 1 is 0.882 bits per heavy atom. The number of benzene rings is 1. The number of nitrogens with zero attached hydrogens (tertiary/aromatic N) is 2. The predicted molar refractivity (Wildman–Crippen MR) is 71.8 cm³/mol. The number of hydrogen-bond acceptors (Lipinski definition) is 3. The number of hydrogen-bond donors (Lipinski definition) is 1. The van der Waals surface area contributed by atoms with Gasteiger partial charge in [-0.25, -0.2) is 0 Å². The zero-order valence-corrected chi connectivity index (χ0v) is 9.32. The van der Waals surface area contributed by atoms with E-state index < -0.39 is 0 Å². The van der Waals surface area contributed by atoms with E-state index in [1.54, 1.807) is 18.6 Å². The third kappa shape index (κ3) is 3.57. The van der Waals surface area contributed by atoms with E-state index in [-0.39, 0.29) is 0 Å². The van der Waals surface area contributed by atoms with Crippen LogP contribution in [0.2, 0.25) is 0 Å². The standard InChI is InChI=1S/C9H8N2.C5H5N/c1-2-6-9-8(4-1)5-3-7-10-11-9;1-2-4-6-5-3-1/h1-7,11H;1-5H. The van der Waals surface area contributed by atoms with Crippen molar-refractivity contribution >= 4 is 18.0 Å². The molecule has 0 fully saturated rings. The van der Waals surface area contributed by atoms with Gasteiger partial charge in [0, 0.05) is 18.6 Å². The lowest BCUT2D eigenvalue weighted by Crippen LogP contribution is -1.87. The molecule has 2 aromatic rings. The maximum absolute atomic E-state index is 3.95. The summed E-state index contributed by atoms with van der Waals surface area (Å²) in [5, 5.41) is 3.95. The second-order valence-corrected chi connectivity index (χ2v) is 3.36. The summed E-state index contributed by atoms with van der Waals surface area (Å²) in [5.74, 6) is 0. The van der Waals surface area contributed by atoms with Crippen LogP contribution in [-0.2, 0) is 0 Å². The molecule has 1 N–H and O–H groups in total. The summed E-state index contributed by atoms with van der Waals surface area (Å²) >= 11 is 0. The van der Waals surface area contributed by atoms with E-state index >= 15 is 0 Å². The molecular formula is C14H13N3. The predicted octanol–water partition coefficient (Wildman–Crippen LogP) is 3.19. The summed E-state index contributed by atoms with van der Waals surface area (Å²) in [7, 11) is 0. The molecule has 1 aliphatic rings.